The summed E-state index contributed by atoms with van der Waals surface area (Å²) in [5, 5.41) is 0. The van der Waals surface area contributed by atoms with E-state index >= 15 is 0 Å². The van der Waals surface area contributed by atoms with Crippen molar-refractivity contribution >= 4 is 5.91 Å². The van der Waals surface area contributed by atoms with Crippen LogP contribution < -0.4 is 0 Å². The molecule has 0 radical (unpaired) electrons. The van der Waals surface area contributed by atoms with Crippen LogP contribution in [-0.2, 0) is 11.3 Å². The molecule has 0 aromatic heterocycles. The number of benzene rings is 1. The molecule has 0 atom stereocenters. The number of alkyl halides is 7. The summed E-state index contributed by atoms with van der Waals surface area (Å²) in [6.45, 7) is -2.88. The molecule has 0 unspecified atom stereocenters. The normalized spacial score (nSPS) is 12.6. The van der Waals surface area contributed by atoms with E-state index in [2.05, 4.69) is 0 Å². The van der Waals surface area contributed by atoms with Gasteiger partial charge in [-0.3, -0.25) is 4.79 Å². The molecule has 0 spiro atoms. The average molecular weight is 317 g/mol. The Morgan fingerprint density at radius 2 is 1.57 bits per heavy atom. The standard InChI is InChI=1S/C12H10F7NO/c13-9(14)12(18,19)10(21)20(7-11(15,16)17)6-8-4-2-1-3-5-8/h1-5,9H,6-7H2. The lowest BCUT2D eigenvalue weighted by Gasteiger charge is -2.27. The SMILES string of the molecule is O=C(N(Cc1ccccc1)CC(F)(F)F)C(F)(F)C(F)F. The molecule has 21 heavy (non-hydrogen) atoms. The quantitative estimate of drug-likeness (QED) is 0.762. The van der Waals surface area contributed by atoms with E-state index < -0.39 is 37.5 Å². The van der Waals surface area contributed by atoms with Crippen LogP contribution in [0.15, 0.2) is 30.3 Å². The molecule has 1 aromatic rings. The predicted molar refractivity (Wildman–Crippen MR) is 58.9 cm³/mol. The fraction of sp³-hybridized carbons (Fsp3) is 0.417. The van der Waals surface area contributed by atoms with Crippen molar-refractivity contribution in [1.82, 2.24) is 4.90 Å². The summed E-state index contributed by atoms with van der Waals surface area (Å²) in [5.41, 5.74) is 0.111. The highest BCUT2D eigenvalue weighted by Gasteiger charge is 2.52. The highest BCUT2D eigenvalue weighted by molar-refractivity contribution is 5.84. The largest absolute Gasteiger partial charge is 0.406 e. The molecule has 0 bridgehead atoms. The Bertz CT molecular complexity index is 472. The van der Waals surface area contributed by atoms with Crippen molar-refractivity contribution < 1.29 is 35.5 Å². The van der Waals surface area contributed by atoms with Crippen LogP contribution in [0.25, 0.3) is 0 Å². The first-order valence-corrected chi connectivity index (χ1v) is 5.60. The summed E-state index contributed by atoms with van der Waals surface area (Å²) in [6.07, 6.45) is -9.36. The van der Waals surface area contributed by atoms with Gasteiger partial charge in [0.05, 0.1) is 0 Å². The Balaban J connectivity index is 3.00. The molecule has 1 amide bonds. The van der Waals surface area contributed by atoms with Gasteiger partial charge >= 0.3 is 18.5 Å². The third-order valence-corrected chi connectivity index (χ3v) is 2.43. The van der Waals surface area contributed by atoms with Crippen LogP contribution in [-0.4, -0.2) is 35.9 Å². The third-order valence-electron chi connectivity index (χ3n) is 2.43. The fourth-order valence-electron chi connectivity index (χ4n) is 1.52. The first-order chi connectivity index (χ1) is 9.54. The lowest BCUT2D eigenvalue weighted by atomic mass is 10.2. The molecular weight excluding hydrogens is 307 g/mol. The fourth-order valence-corrected chi connectivity index (χ4v) is 1.52. The maximum absolute atomic E-state index is 13.0. The summed E-state index contributed by atoms with van der Waals surface area (Å²) >= 11 is 0. The number of carbonyl (C=O) groups excluding carboxylic acids is 1. The van der Waals surface area contributed by atoms with E-state index in [0.29, 0.717) is 0 Å². The van der Waals surface area contributed by atoms with Crippen molar-refractivity contribution in [1.29, 1.82) is 0 Å². The second-order valence-corrected chi connectivity index (χ2v) is 4.19. The Hall–Kier alpha value is -1.80. The first kappa shape index (κ1) is 17.3. The van der Waals surface area contributed by atoms with Crippen LogP contribution in [0.3, 0.4) is 0 Å². The summed E-state index contributed by atoms with van der Waals surface area (Å²) in [6, 6.07) is 6.93. The van der Waals surface area contributed by atoms with Gasteiger partial charge in [0.2, 0.25) is 0 Å². The van der Waals surface area contributed by atoms with E-state index in [4.69, 9.17) is 0 Å². The number of rotatable bonds is 5. The van der Waals surface area contributed by atoms with Gasteiger partial charge in [-0.1, -0.05) is 30.3 Å². The van der Waals surface area contributed by atoms with E-state index in [1.807, 2.05) is 0 Å². The van der Waals surface area contributed by atoms with E-state index in [1.165, 1.54) is 30.3 Å². The molecule has 0 saturated carbocycles. The molecule has 0 saturated heterocycles. The summed E-state index contributed by atoms with van der Waals surface area (Å²) < 4.78 is 87.1. The van der Waals surface area contributed by atoms with Crippen molar-refractivity contribution in [3.05, 3.63) is 35.9 Å². The average Bonchev–Trinajstić information content (AvgIpc) is 2.36. The van der Waals surface area contributed by atoms with Gasteiger partial charge < -0.3 is 4.90 Å². The summed E-state index contributed by atoms with van der Waals surface area (Å²) in [4.78, 5) is 11.0. The Morgan fingerprint density at radius 1 is 1.05 bits per heavy atom. The van der Waals surface area contributed by atoms with Crippen molar-refractivity contribution in [3.63, 3.8) is 0 Å². The zero-order valence-electron chi connectivity index (χ0n) is 10.4. The van der Waals surface area contributed by atoms with Gasteiger partial charge in [0.1, 0.15) is 6.54 Å². The molecular formula is C12H10F7NO. The molecule has 0 heterocycles. The number of nitrogens with zero attached hydrogens (tertiary/aromatic N) is 1. The molecule has 9 heteroatoms. The Kier molecular flexibility index (Phi) is 5.19. The Labute approximate surface area is 115 Å². The van der Waals surface area contributed by atoms with Gasteiger partial charge in [0.15, 0.2) is 0 Å². The van der Waals surface area contributed by atoms with Crippen molar-refractivity contribution in [2.24, 2.45) is 0 Å². The molecule has 118 valence electrons. The van der Waals surface area contributed by atoms with E-state index in [0.717, 1.165) is 0 Å². The monoisotopic (exact) mass is 317 g/mol. The topological polar surface area (TPSA) is 20.3 Å². The molecule has 0 aliphatic heterocycles. The number of carbonyl (C=O) groups is 1. The lowest BCUT2D eigenvalue weighted by Crippen LogP contribution is -2.50. The third kappa shape index (κ3) is 4.91. The zero-order chi connectivity index (χ0) is 16.3. The van der Waals surface area contributed by atoms with Crippen LogP contribution >= 0.6 is 0 Å². The van der Waals surface area contributed by atoms with E-state index in [9.17, 15) is 35.5 Å². The lowest BCUT2D eigenvalue weighted by molar-refractivity contribution is -0.195. The van der Waals surface area contributed by atoms with Crippen LogP contribution in [0.1, 0.15) is 5.56 Å². The molecule has 0 aliphatic rings. The van der Waals surface area contributed by atoms with E-state index in [1.54, 1.807) is 0 Å². The van der Waals surface area contributed by atoms with Gasteiger partial charge in [-0.15, -0.1) is 0 Å². The van der Waals surface area contributed by atoms with Gasteiger partial charge in [-0.05, 0) is 5.56 Å². The highest BCUT2D eigenvalue weighted by Crippen LogP contribution is 2.28. The molecule has 1 rings (SSSR count). The number of hydrogen-bond donors (Lipinski definition) is 0. The summed E-state index contributed by atoms with van der Waals surface area (Å²) in [5.74, 6) is -7.72. The maximum Gasteiger partial charge on any atom is 0.406 e. The van der Waals surface area contributed by atoms with E-state index in [-0.39, 0.29) is 10.5 Å². The predicted octanol–water partition coefficient (Wildman–Crippen LogP) is 3.48. The van der Waals surface area contributed by atoms with Gasteiger partial charge in [0, 0.05) is 6.54 Å². The van der Waals surface area contributed by atoms with Crippen LogP contribution in [0.4, 0.5) is 30.7 Å². The first-order valence-electron chi connectivity index (χ1n) is 5.60. The molecule has 0 fully saturated rings. The minimum atomic E-state index is -5.17. The van der Waals surface area contributed by atoms with Crippen LogP contribution in [0.5, 0.6) is 0 Å². The van der Waals surface area contributed by atoms with Crippen molar-refractivity contribution in [2.45, 2.75) is 25.1 Å². The molecule has 0 aliphatic carbocycles. The van der Waals surface area contributed by atoms with Crippen molar-refractivity contribution in [3.8, 4) is 0 Å². The van der Waals surface area contributed by atoms with Gasteiger partial charge in [-0.25, -0.2) is 8.78 Å². The number of halogens is 7. The molecule has 0 N–H and O–H groups in total. The minimum Gasteiger partial charge on any atom is -0.324 e. The van der Waals surface area contributed by atoms with Crippen LogP contribution in [0, 0.1) is 0 Å². The second kappa shape index (κ2) is 6.31. The molecule has 2 nitrogen and oxygen atoms in total. The highest BCUT2D eigenvalue weighted by atomic mass is 19.4. The Morgan fingerprint density at radius 3 is 2.00 bits per heavy atom. The van der Waals surface area contributed by atoms with Gasteiger partial charge in [0.25, 0.3) is 5.91 Å². The second-order valence-electron chi connectivity index (χ2n) is 4.19. The number of amides is 1. The minimum absolute atomic E-state index is 0.111. The number of hydrogen-bond acceptors (Lipinski definition) is 1. The van der Waals surface area contributed by atoms with Gasteiger partial charge in [-0.2, -0.15) is 22.0 Å². The van der Waals surface area contributed by atoms with Crippen LogP contribution in [0.2, 0.25) is 0 Å². The maximum atomic E-state index is 13.0. The summed E-state index contributed by atoms with van der Waals surface area (Å²) in [7, 11) is 0. The molecule has 1 aromatic carbocycles. The zero-order valence-corrected chi connectivity index (χ0v) is 10.4. The van der Waals surface area contributed by atoms with Crippen molar-refractivity contribution in [2.75, 3.05) is 6.54 Å². The smallest absolute Gasteiger partial charge is 0.324 e.